The van der Waals surface area contributed by atoms with Gasteiger partial charge in [0.25, 0.3) is 5.91 Å². The molecule has 0 fully saturated rings. The van der Waals surface area contributed by atoms with Crippen molar-refractivity contribution in [1.82, 2.24) is 0 Å². The summed E-state index contributed by atoms with van der Waals surface area (Å²) in [5.41, 5.74) is 6.88. The number of amides is 1. The van der Waals surface area contributed by atoms with Crippen molar-refractivity contribution in [3.8, 4) is 0 Å². The van der Waals surface area contributed by atoms with E-state index in [9.17, 15) is 4.79 Å². The van der Waals surface area contributed by atoms with Crippen molar-refractivity contribution in [2.75, 3.05) is 11.1 Å². The molecule has 0 spiro atoms. The first-order chi connectivity index (χ1) is 8.49. The number of thiophene rings is 1. The minimum Gasteiger partial charge on any atom is -0.397 e. The molecule has 0 unspecified atom stereocenters. The number of hydrogen-bond acceptors (Lipinski definition) is 3. The van der Waals surface area contributed by atoms with Gasteiger partial charge in [0.1, 0.15) is 4.88 Å². The average molecular weight is 455 g/mol. The summed E-state index contributed by atoms with van der Waals surface area (Å²) >= 11 is 11.5. The number of hydrogen-bond donors (Lipinski definition) is 2. The van der Waals surface area contributed by atoms with Gasteiger partial charge in [0.05, 0.1) is 11.4 Å². The van der Waals surface area contributed by atoms with Crippen LogP contribution in [0.5, 0.6) is 0 Å². The topological polar surface area (TPSA) is 55.1 Å². The van der Waals surface area contributed by atoms with Gasteiger partial charge in [-0.2, -0.15) is 0 Å². The number of carbonyl (C=O) groups excluding carboxylic acids is 1. The molecular weight excluding hydrogens is 448 g/mol. The Kier molecular flexibility index (Phi) is 4.47. The van der Waals surface area contributed by atoms with Crippen LogP contribution in [-0.2, 0) is 0 Å². The summed E-state index contributed by atoms with van der Waals surface area (Å²) < 4.78 is 2.48. The number of nitrogen functional groups attached to an aromatic ring is 1. The zero-order valence-electron chi connectivity index (χ0n) is 8.84. The number of carbonyl (C=O) groups is 1. The normalized spacial score (nSPS) is 10.4. The molecule has 0 saturated heterocycles. The Hall–Kier alpha value is -0.370. The van der Waals surface area contributed by atoms with Crippen LogP contribution in [0.4, 0.5) is 11.4 Å². The van der Waals surface area contributed by atoms with E-state index in [-0.39, 0.29) is 5.91 Å². The summed E-state index contributed by atoms with van der Waals surface area (Å²) in [6.07, 6.45) is 0. The molecule has 7 heteroatoms. The highest BCUT2D eigenvalue weighted by molar-refractivity contribution is 9.11. The first kappa shape index (κ1) is 14.0. The van der Waals surface area contributed by atoms with E-state index < -0.39 is 0 Å². The minimum atomic E-state index is -0.216. The van der Waals surface area contributed by atoms with Gasteiger partial charge >= 0.3 is 0 Å². The number of nitrogens with two attached hydrogens (primary N) is 1. The van der Waals surface area contributed by atoms with E-state index in [1.807, 2.05) is 12.1 Å². The lowest BCUT2D eigenvalue weighted by Crippen LogP contribution is -2.12. The maximum Gasteiger partial charge on any atom is 0.267 e. The van der Waals surface area contributed by atoms with Crippen LogP contribution in [0, 0.1) is 0 Å². The van der Waals surface area contributed by atoms with Gasteiger partial charge in [0.15, 0.2) is 0 Å². The predicted molar refractivity (Wildman–Crippen MR) is 86.2 cm³/mol. The van der Waals surface area contributed by atoms with E-state index in [0.29, 0.717) is 16.3 Å². The van der Waals surface area contributed by atoms with Crippen molar-refractivity contribution in [2.45, 2.75) is 0 Å². The molecule has 3 N–H and O–H groups in total. The quantitative estimate of drug-likeness (QED) is 0.680. The van der Waals surface area contributed by atoms with Crippen LogP contribution in [-0.4, -0.2) is 5.91 Å². The van der Waals surface area contributed by atoms with Gasteiger partial charge in [-0.1, -0.05) is 15.9 Å². The summed E-state index contributed by atoms with van der Waals surface area (Å²) in [6.45, 7) is 0. The number of anilines is 2. The number of rotatable bonds is 2. The van der Waals surface area contributed by atoms with Crippen LogP contribution in [0.1, 0.15) is 9.67 Å². The zero-order valence-corrected chi connectivity index (χ0v) is 14.4. The Labute approximate surface area is 133 Å². The minimum absolute atomic E-state index is 0.216. The highest BCUT2D eigenvalue weighted by Gasteiger charge is 2.15. The molecule has 1 amide bonds. The summed E-state index contributed by atoms with van der Waals surface area (Å²) in [4.78, 5) is 12.6. The second-order valence-electron chi connectivity index (χ2n) is 3.40. The van der Waals surface area contributed by atoms with Gasteiger partial charge < -0.3 is 11.1 Å². The third-order valence-corrected chi connectivity index (χ3v) is 4.78. The van der Waals surface area contributed by atoms with E-state index in [0.717, 1.165) is 13.4 Å². The molecule has 3 nitrogen and oxygen atoms in total. The molecule has 18 heavy (non-hydrogen) atoms. The maximum atomic E-state index is 12.1. The molecule has 0 bridgehead atoms. The lowest BCUT2D eigenvalue weighted by atomic mass is 10.3. The molecule has 0 aliphatic rings. The fourth-order valence-electron chi connectivity index (χ4n) is 1.34. The van der Waals surface area contributed by atoms with Gasteiger partial charge in [0, 0.05) is 13.4 Å². The summed E-state index contributed by atoms with van der Waals surface area (Å²) in [5, 5.41) is 4.61. The van der Waals surface area contributed by atoms with E-state index in [2.05, 4.69) is 53.1 Å². The highest BCUT2D eigenvalue weighted by Crippen LogP contribution is 2.35. The zero-order chi connectivity index (χ0) is 13.3. The van der Waals surface area contributed by atoms with E-state index in [1.165, 1.54) is 11.3 Å². The van der Waals surface area contributed by atoms with Crippen LogP contribution in [0.15, 0.2) is 37.0 Å². The lowest BCUT2D eigenvalue weighted by Gasteiger charge is -2.10. The smallest absolute Gasteiger partial charge is 0.267 e. The SMILES string of the molecule is Nc1ccsc1C(=O)Nc1c(Br)cc(Br)cc1Br. The van der Waals surface area contributed by atoms with Gasteiger partial charge in [-0.15, -0.1) is 11.3 Å². The highest BCUT2D eigenvalue weighted by atomic mass is 79.9. The van der Waals surface area contributed by atoms with Crippen LogP contribution >= 0.6 is 59.1 Å². The Morgan fingerprint density at radius 1 is 1.22 bits per heavy atom. The third kappa shape index (κ3) is 2.96. The van der Waals surface area contributed by atoms with Crippen molar-refractivity contribution < 1.29 is 4.79 Å². The number of nitrogens with one attached hydrogen (secondary N) is 1. The molecule has 0 aliphatic carbocycles. The molecule has 0 atom stereocenters. The van der Waals surface area contributed by atoms with E-state index in [1.54, 1.807) is 11.4 Å². The second-order valence-corrected chi connectivity index (χ2v) is 6.94. The van der Waals surface area contributed by atoms with Gasteiger partial charge in [-0.05, 0) is 55.4 Å². The Balaban J connectivity index is 2.31. The van der Waals surface area contributed by atoms with Crippen molar-refractivity contribution in [2.24, 2.45) is 0 Å². The number of benzene rings is 1. The average Bonchev–Trinajstić information content (AvgIpc) is 2.69. The Bertz CT molecular complexity index is 589. The maximum absolute atomic E-state index is 12.1. The fraction of sp³-hybridized carbons (Fsp3) is 0. The Morgan fingerprint density at radius 3 is 2.33 bits per heavy atom. The molecule has 1 heterocycles. The summed E-state index contributed by atoms with van der Waals surface area (Å²) in [6, 6.07) is 5.43. The van der Waals surface area contributed by atoms with Crippen LogP contribution < -0.4 is 11.1 Å². The molecule has 94 valence electrons. The predicted octanol–water partition coefficient (Wildman–Crippen LogP) is 4.87. The Morgan fingerprint density at radius 2 is 1.83 bits per heavy atom. The summed E-state index contributed by atoms with van der Waals surface area (Å²) in [5.74, 6) is -0.216. The fourth-order valence-corrected chi connectivity index (χ4v) is 4.51. The number of halogens is 3. The standard InChI is InChI=1S/C11H7Br3N2OS/c12-5-3-6(13)9(7(14)4-5)16-11(17)10-8(15)1-2-18-10/h1-4H,15H2,(H,16,17). The van der Waals surface area contributed by atoms with Gasteiger partial charge in [-0.3, -0.25) is 4.79 Å². The van der Waals surface area contributed by atoms with Crippen molar-refractivity contribution in [1.29, 1.82) is 0 Å². The monoisotopic (exact) mass is 452 g/mol. The molecule has 2 aromatic rings. The molecule has 1 aromatic carbocycles. The molecule has 2 rings (SSSR count). The molecule has 0 saturated carbocycles. The van der Waals surface area contributed by atoms with Crippen molar-refractivity contribution in [3.63, 3.8) is 0 Å². The molecule has 0 radical (unpaired) electrons. The van der Waals surface area contributed by atoms with Gasteiger partial charge in [-0.25, -0.2) is 0 Å². The van der Waals surface area contributed by atoms with Crippen LogP contribution in [0.25, 0.3) is 0 Å². The van der Waals surface area contributed by atoms with Crippen LogP contribution in [0.2, 0.25) is 0 Å². The van der Waals surface area contributed by atoms with Gasteiger partial charge in [0.2, 0.25) is 0 Å². The van der Waals surface area contributed by atoms with Crippen molar-refractivity contribution >= 4 is 76.4 Å². The first-order valence-corrected chi connectivity index (χ1v) is 8.03. The van der Waals surface area contributed by atoms with E-state index in [4.69, 9.17) is 5.73 Å². The summed E-state index contributed by atoms with van der Waals surface area (Å²) in [7, 11) is 0. The van der Waals surface area contributed by atoms with Crippen molar-refractivity contribution in [3.05, 3.63) is 41.9 Å². The molecule has 0 aliphatic heterocycles. The first-order valence-electron chi connectivity index (χ1n) is 4.78. The lowest BCUT2D eigenvalue weighted by molar-refractivity contribution is 0.103. The van der Waals surface area contributed by atoms with E-state index >= 15 is 0 Å². The second kappa shape index (κ2) is 5.73. The molecule has 1 aromatic heterocycles. The van der Waals surface area contributed by atoms with Crippen LogP contribution in [0.3, 0.4) is 0 Å². The third-order valence-electron chi connectivity index (χ3n) is 2.15. The molecular formula is C11H7Br3N2OS. The largest absolute Gasteiger partial charge is 0.397 e.